The van der Waals surface area contributed by atoms with E-state index in [0.29, 0.717) is 18.7 Å². The number of carbonyl (C=O) groups excluding carboxylic acids is 1. The molecule has 0 spiro atoms. The molecule has 24 heavy (non-hydrogen) atoms. The number of alkyl halides is 1. The van der Waals surface area contributed by atoms with Crippen LogP contribution in [0.4, 0.5) is 4.39 Å². The minimum absolute atomic E-state index is 0.0180. The number of allylic oxidation sites excluding steroid dienone is 3. The summed E-state index contributed by atoms with van der Waals surface area (Å²) < 4.78 is 30.6. The Labute approximate surface area is 141 Å². The lowest BCUT2D eigenvalue weighted by Gasteiger charge is -2.41. The molecular formula is C18H22FNO4. The van der Waals surface area contributed by atoms with E-state index in [0.717, 1.165) is 18.4 Å². The van der Waals surface area contributed by atoms with Gasteiger partial charge in [-0.1, -0.05) is 18.2 Å². The molecule has 0 amide bonds. The van der Waals surface area contributed by atoms with Crippen LogP contribution in [-0.4, -0.2) is 42.8 Å². The van der Waals surface area contributed by atoms with E-state index in [-0.39, 0.29) is 19.0 Å². The van der Waals surface area contributed by atoms with E-state index in [1.165, 1.54) is 25.9 Å². The number of hydrogen-bond acceptors (Lipinski definition) is 5. The largest absolute Gasteiger partial charge is 0.467 e. The van der Waals surface area contributed by atoms with Crippen molar-refractivity contribution in [2.45, 2.75) is 37.4 Å². The van der Waals surface area contributed by atoms with Crippen LogP contribution in [-0.2, 0) is 19.0 Å². The number of likely N-dealkylation sites (tertiary alicyclic amines) is 1. The second-order valence-electron chi connectivity index (χ2n) is 6.19. The van der Waals surface area contributed by atoms with Crippen LogP contribution in [0.3, 0.4) is 0 Å². The Hall–Kier alpha value is -2.08. The van der Waals surface area contributed by atoms with Crippen molar-refractivity contribution in [3.8, 4) is 0 Å². The molecule has 1 fully saturated rings. The highest BCUT2D eigenvalue weighted by Crippen LogP contribution is 2.34. The van der Waals surface area contributed by atoms with Crippen LogP contribution in [0, 0.1) is 0 Å². The summed E-state index contributed by atoms with van der Waals surface area (Å²) in [5.74, 6) is -0.202. The van der Waals surface area contributed by atoms with E-state index in [1.807, 2.05) is 17.1 Å². The second kappa shape index (κ2) is 7.21. The summed E-state index contributed by atoms with van der Waals surface area (Å²) >= 11 is 0. The van der Waals surface area contributed by atoms with E-state index in [4.69, 9.17) is 9.47 Å². The summed E-state index contributed by atoms with van der Waals surface area (Å²) in [6.07, 6.45) is 13.1. The van der Waals surface area contributed by atoms with Crippen molar-refractivity contribution < 1.29 is 23.4 Å². The zero-order chi connectivity index (χ0) is 17.0. The molecule has 0 aromatic heterocycles. The van der Waals surface area contributed by atoms with E-state index in [2.05, 4.69) is 10.8 Å². The summed E-state index contributed by atoms with van der Waals surface area (Å²) in [7, 11) is 1.22. The van der Waals surface area contributed by atoms with Crippen LogP contribution in [0.1, 0.15) is 25.7 Å². The van der Waals surface area contributed by atoms with Crippen molar-refractivity contribution >= 4 is 5.97 Å². The van der Waals surface area contributed by atoms with Gasteiger partial charge in [-0.3, -0.25) is 4.90 Å². The first-order chi connectivity index (χ1) is 11.6. The maximum absolute atomic E-state index is 15.1. The Morgan fingerprint density at radius 3 is 3.00 bits per heavy atom. The molecule has 2 aliphatic heterocycles. The summed E-state index contributed by atoms with van der Waals surface area (Å²) in [6.45, 7) is 0.661. The zero-order valence-electron chi connectivity index (χ0n) is 13.7. The third kappa shape index (κ3) is 3.38. The van der Waals surface area contributed by atoms with Gasteiger partial charge in [-0.25, -0.2) is 9.18 Å². The van der Waals surface area contributed by atoms with E-state index < -0.39 is 11.6 Å². The molecule has 0 radical (unpaired) electrons. The van der Waals surface area contributed by atoms with E-state index in [1.54, 1.807) is 0 Å². The molecule has 2 heterocycles. The van der Waals surface area contributed by atoms with Crippen LogP contribution >= 0.6 is 0 Å². The third-order valence-corrected chi connectivity index (χ3v) is 4.58. The van der Waals surface area contributed by atoms with Crippen LogP contribution in [0.25, 0.3) is 0 Å². The normalized spacial score (nSPS) is 28.2. The molecule has 1 aliphatic carbocycles. The number of piperidine rings is 1. The summed E-state index contributed by atoms with van der Waals surface area (Å²) in [6, 6.07) is -0.250. The Morgan fingerprint density at radius 1 is 1.46 bits per heavy atom. The molecule has 2 atom stereocenters. The van der Waals surface area contributed by atoms with Gasteiger partial charge in [0.15, 0.2) is 5.76 Å². The minimum Gasteiger partial charge on any atom is -0.467 e. The van der Waals surface area contributed by atoms with Gasteiger partial charge in [0.05, 0.1) is 13.2 Å². The Kier molecular flexibility index (Phi) is 5.04. The molecule has 0 saturated carbocycles. The molecule has 0 aromatic carbocycles. The van der Waals surface area contributed by atoms with E-state index >= 15 is 4.39 Å². The lowest BCUT2D eigenvalue weighted by atomic mass is 9.89. The van der Waals surface area contributed by atoms with Crippen molar-refractivity contribution in [3.63, 3.8) is 0 Å². The monoisotopic (exact) mass is 335 g/mol. The van der Waals surface area contributed by atoms with Gasteiger partial charge in [0, 0.05) is 6.54 Å². The van der Waals surface area contributed by atoms with Gasteiger partial charge in [-0.05, 0) is 37.8 Å². The van der Waals surface area contributed by atoms with Crippen LogP contribution in [0.5, 0.6) is 0 Å². The average molecular weight is 335 g/mol. The van der Waals surface area contributed by atoms with Crippen molar-refractivity contribution in [2.24, 2.45) is 0 Å². The van der Waals surface area contributed by atoms with Crippen LogP contribution in [0.2, 0.25) is 0 Å². The predicted octanol–water partition coefficient (Wildman–Crippen LogP) is 2.97. The van der Waals surface area contributed by atoms with Gasteiger partial charge in [0.1, 0.15) is 18.8 Å². The molecular weight excluding hydrogens is 313 g/mol. The molecule has 3 aliphatic rings. The first kappa shape index (κ1) is 16.8. The standard InChI is InChI=1S/C18H22FNO4/c1-22-17(21)18(19)8-5-9-20(13-18)16(14-6-3-2-4-7-14)15-12-23-10-11-24-15/h2-3,6,10-12,16H,4-5,7-9,13H2,1H3. The zero-order valence-corrected chi connectivity index (χ0v) is 13.7. The first-order valence-electron chi connectivity index (χ1n) is 8.18. The predicted molar refractivity (Wildman–Crippen MR) is 86.3 cm³/mol. The summed E-state index contributed by atoms with van der Waals surface area (Å²) in [5.41, 5.74) is -0.862. The SMILES string of the molecule is COC(=O)C1(F)CCCN(C(C2=CC=CCC2)C2=COC=CO2)C1. The average Bonchev–Trinajstić information content (AvgIpc) is 2.63. The van der Waals surface area contributed by atoms with Crippen molar-refractivity contribution in [1.29, 1.82) is 0 Å². The number of carbonyl (C=O) groups is 1. The van der Waals surface area contributed by atoms with E-state index in [9.17, 15) is 4.79 Å². The quantitative estimate of drug-likeness (QED) is 0.739. The Balaban J connectivity index is 1.87. The van der Waals surface area contributed by atoms with Crippen LogP contribution < -0.4 is 0 Å². The molecule has 0 aromatic rings. The van der Waals surface area contributed by atoms with Gasteiger partial charge >= 0.3 is 5.97 Å². The fourth-order valence-electron chi connectivity index (χ4n) is 3.46. The van der Waals surface area contributed by atoms with Gasteiger partial charge < -0.3 is 14.2 Å². The molecule has 130 valence electrons. The smallest absolute Gasteiger partial charge is 0.344 e. The number of ether oxygens (including phenoxy) is 3. The second-order valence-corrected chi connectivity index (χ2v) is 6.19. The Morgan fingerprint density at radius 2 is 2.33 bits per heavy atom. The molecule has 0 N–H and O–H groups in total. The number of nitrogens with zero attached hydrogens (tertiary/aromatic N) is 1. The van der Waals surface area contributed by atoms with Crippen molar-refractivity contribution in [2.75, 3.05) is 20.2 Å². The maximum atomic E-state index is 15.1. The highest BCUT2D eigenvalue weighted by Gasteiger charge is 2.46. The highest BCUT2D eigenvalue weighted by atomic mass is 19.1. The molecule has 3 rings (SSSR count). The molecule has 6 heteroatoms. The number of halogens is 1. The minimum atomic E-state index is -1.98. The fraction of sp³-hybridized carbons (Fsp3) is 0.500. The number of esters is 1. The number of rotatable bonds is 4. The maximum Gasteiger partial charge on any atom is 0.344 e. The fourth-order valence-corrected chi connectivity index (χ4v) is 3.46. The van der Waals surface area contributed by atoms with Gasteiger partial charge in [0.25, 0.3) is 0 Å². The first-order valence-corrected chi connectivity index (χ1v) is 8.18. The third-order valence-electron chi connectivity index (χ3n) is 4.58. The molecule has 5 nitrogen and oxygen atoms in total. The number of methoxy groups -OCH3 is 1. The van der Waals surface area contributed by atoms with Gasteiger partial charge in [-0.2, -0.15) is 0 Å². The lowest BCUT2D eigenvalue weighted by Crippen LogP contribution is -2.54. The molecule has 2 unspecified atom stereocenters. The van der Waals surface area contributed by atoms with Crippen molar-refractivity contribution in [3.05, 3.63) is 48.3 Å². The summed E-state index contributed by atoms with van der Waals surface area (Å²) in [5, 5.41) is 0. The topological polar surface area (TPSA) is 48.0 Å². The molecule has 1 saturated heterocycles. The van der Waals surface area contributed by atoms with Gasteiger partial charge in [0.2, 0.25) is 5.67 Å². The van der Waals surface area contributed by atoms with Gasteiger partial charge in [-0.15, -0.1) is 0 Å². The number of hydrogen-bond donors (Lipinski definition) is 0. The highest BCUT2D eigenvalue weighted by molar-refractivity contribution is 5.79. The molecule has 0 bridgehead atoms. The van der Waals surface area contributed by atoms with Crippen molar-refractivity contribution in [1.82, 2.24) is 4.90 Å². The lowest BCUT2D eigenvalue weighted by molar-refractivity contribution is -0.159. The Bertz CT molecular complexity index is 610. The summed E-state index contributed by atoms with van der Waals surface area (Å²) in [4.78, 5) is 13.8. The van der Waals surface area contributed by atoms with Crippen LogP contribution in [0.15, 0.2) is 48.3 Å².